The molecule has 0 radical (unpaired) electrons. The van der Waals surface area contributed by atoms with Crippen molar-refractivity contribution in [3.05, 3.63) is 187 Å². The smallest absolute Gasteiger partial charge is 0.0999 e. The Labute approximate surface area is 322 Å². The molecule has 0 aliphatic carbocycles. The maximum Gasteiger partial charge on any atom is 0.0999 e. The van der Waals surface area contributed by atoms with E-state index in [1.165, 1.54) is 0 Å². The molecule has 0 amide bonds. The van der Waals surface area contributed by atoms with Crippen LogP contribution < -0.4 is 0 Å². The molecule has 0 aliphatic rings. The lowest BCUT2D eigenvalue weighted by atomic mass is 9.99. The van der Waals surface area contributed by atoms with Gasteiger partial charge in [0.1, 0.15) is 0 Å². The van der Waals surface area contributed by atoms with Crippen LogP contribution in [0.3, 0.4) is 0 Å². The lowest BCUT2D eigenvalue weighted by Crippen LogP contribution is -2.05. The number of aromatic nitrogens is 3. The number of rotatable bonds is 5. The molecule has 0 saturated heterocycles. The average molecular weight is 713 g/mol. The second-order valence-corrected chi connectivity index (χ2v) is 13.8. The minimum atomic E-state index is 0.523. The molecule has 3 heterocycles. The molecule has 3 aromatic heterocycles. The first kappa shape index (κ1) is 32.4. The Morgan fingerprint density at radius 2 is 0.893 bits per heavy atom. The molecule has 258 valence electrons. The van der Waals surface area contributed by atoms with E-state index in [1.807, 2.05) is 72.8 Å². The van der Waals surface area contributed by atoms with Gasteiger partial charge in [-0.05, 0) is 89.0 Å². The third kappa shape index (κ3) is 5.12. The highest BCUT2D eigenvalue weighted by Crippen LogP contribution is 2.42. The average Bonchev–Trinajstić information content (AvgIpc) is 3.78. The van der Waals surface area contributed by atoms with Crippen LogP contribution in [-0.2, 0) is 0 Å². The Balaban J connectivity index is 1.35. The van der Waals surface area contributed by atoms with Crippen molar-refractivity contribution in [1.29, 1.82) is 15.8 Å². The van der Waals surface area contributed by atoms with E-state index in [0.717, 1.165) is 88.4 Å². The van der Waals surface area contributed by atoms with Gasteiger partial charge in [0.15, 0.2) is 0 Å². The van der Waals surface area contributed by atoms with Crippen molar-refractivity contribution in [3.63, 3.8) is 0 Å². The maximum absolute atomic E-state index is 10.8. The van der Waals surface area contributed by atoms with Crippen LogP contribution in [0.1, 0.15) is 16.7 Å². The largest absolute Gasteiger partial charge is 0.307 e. The first-order valence-corrected chi connectivity index (χ1v) is 18.2. The van der Waals surface area contributed by atoms with Crippen LogP contribution in [0.2, 0.25) is 0 Å². The molecule has 0 fully saturated rings. The van der Waals surface area contributed by atoms with Crippen LogP contribution in [0.4, 0.5) is 0 Å². The number of hydrogen-bond acceptors (Lipinski definition) is 4. The SMILES string of the molecule is N#Cc1cccc(-c2ccc3c4ccccc4n(-c4cc(C#N)c(-c5cccnc5)cc4-n4c5ccccc5c5ccc(-c6cccc(C#N)c6)cc54)c3c2)c1. The zero-order valence-electron chi connectivity index (χ0n) is 29.8. The first-order valence-electron chi connectivity index (χ1n) is 18.2. The molecule has 0 atom stereocenters. The molecule has 6 heteroatoms. The summed E-state index contributed by atoms with van der Waals surface area (Å²) in [5, 5.41) is 34.6. The monoisotopic (exact) mass is 712 g/mol. The third-order valence-electron chi connectivity index (χ3n) is 10.7. The fourth-order valence-electron chi connectivity index (χ4n) is 8.14. The van der Waals surface area contributed by atoms with E-state index in [-0.39, 0.29) is 0 Å². The molecule has 7 aromatic carbocycles. The second kappa shape index (κ2) is 13.0. The highest BCUT2D eigenvalue weighted by molar-refractivity contribution is 6.13. The summed E-state index contributed by atoms with van der Waals surface area (Å²) in [7, 11) is 0. The van der Waals surface area contributed by atoms with E-state index in [9.17, 15) is 15.8 Å². The summed E-state index contributed by atoms with van der Waals surface area (Å²) in [5.41, 5.74) is 12.9. The molecule has 0 saturated carbocycles. The van der Waals surface area contributed by atoms with Gasteiger partial charge in [0.2, 0.25) is 0 Å². The topological polar surface area (TPSA) is 94.1 Å². The van der Waals surface area contributed by atoms with Gasteiger partial charge in [-0.2, -0.15) is 15.8 Å². The van der Waals surface area contributed by atoms with E-state index in [2.05, 4.69) is 117 Å². The van der Waals surface area contributed by atoms with Gasteiger partial charge in [0, 0.05) is 45.1 Å². The summed E-state index contributed by atoms with van der Waals surface area (Å²) < 4.78 is 4.58. The summed E-state index contributed by atoms with van der Waals surface area (Å²) in [6, 6.07) is 60.2. The van der Waals surface area contributed by atoms with Gasteiger partial charge in [0.25, 0.3) is 0 Å². The lowest BCUT2D eigenvalue weighted by Gasteiger charge is -2.20. The van der Waals surface area contributed by atoms with Crippen molar-refractivity contribution in [2.75, 3.05) is 0 Å². The van der Waals surface area contributed by atoms with Crippen molar-refractivity contribution in [1.82, 2.24) is 14.1 Å². The molecular weight excluding hydrogens is 685 g/mol. The van der Waals surface area contributed by atoms with Crippen LogP contribution in [0, 0.1) is 34.0 Å². The number of hydrogen-bond donors (Lipinski definition) is 0. The van der Waals surface area contributed by atoms with Gasteiger partial charge in [-0.25, -0.2) is 0 Å². The highest BCUT2D eigenvalue weighted by Gasteiger charge is 2.23. The maximum atomic E-state index is 10.8. The Hall–Kier alpha value is -8.24. The normalized spacial score (nSPS) is 11.2. The van der Waals surface area contributed by atoms with Crippen molar-refractivity contribution < 1.29 is 0 Å². The lowest BCUT2D eigenvalue weighted by molar-refractivity contribution is 1.09. The zero-order valence-corrected chi connectivity index (χ0v) is 29.8. The van der Waals surface area contributed by atoms with Gasteiger partial charge in [-0.3, -0.25) is 4.98 Å². The molecular formula is C50H28N6. The number of nitriles is 3. The van der Waals surface area contributed by atoms with E-state index in [4.69, 9.17) is 0 Å². The fourth-order valence-corrected chi connectivity index (χ4v) is 8.14. The molecule has 56 heavy (non-hydrogen) atoms. The Morgan fingerprint density at radius 1 is 0.393 bits per heavy atom. The molecule has 0 spiro atoms. The van der Waals surface area contributed by atoms with Crippen LogP contribution in [-0.4, -0.2) is 14.1 Å². The van der Waals surface area contributed by atoms with Gasteiger partial charge in [-0.15, -0.1) is 0 Å². The van der Waals surface area contributed by atoms with Crippen LogP contribution in [0.15, 0.2) is 170 Å². The molecule has 0 N–H and O–H groups in total. The van der Waals surface area contributed by atoms with E-state index < -0.39 is 0 Å². The third-order valence-corrected chi connectivity index (χ3v) is 10.7. The molecule has 10 aromatic rings. The number of nitrogens with zero attached hydrogens (tertiary/aromatic N) is 6. The standard InChI is InChI=1S/C50H28N6/c51-28-32-8-5-10-34(22-32)36-17-19-42-40-13-1-3-15-45(40)55(47(42)24-36)49-26-39(30-53)44(38-12-7-21-54-31-38)27-50(49)56-46-16-4-2-14-41(46)43-20-18-37(25-48(43)56)35-11-6-9-33(23-35)29-52/h1-27,31H. The second-order valence-electron chi connectivity index (χ2n) is 13.8. The number of benzene rings is 7. The first-order chi connectivity index (χ1) is 27.6. The predicted molar refractivity (Wildman–Crippen MR) is 223 cm³/mol. The van der Waals surface area contributed by atoms with Gasteiger partial charge in [-0.1, -0.05) is 91.0 Å². The Kier molecular flexibility index (Phi) is 7.53. The number of pyridine rings is 1. The quantitative estimate of drug-likeness (QED) is 0.177. The fraction of sp³-hybridized carbons (Fsp3) is 0. The van der Waals surface area contributed by atoms with Crippen LogP contribution in [0.25, 0.3) is 88.4 Å². The van der Waals surface area contributed by atoms with E-state index in [0.29, 0.717) is 16.7 Å². The number of para-hydroxylation sites is 2. The van der Waals surface area contributed by atoms with Crippen molar-refractivity contribution >= 4 is 43.6 Å². The summed E-state index contributed by atoms with van der Waals surface area (Å²) in [6.07, 6.45) is 3.54. The summed E-state index contributed by atoms with van der Waals surface area (Å²) in [6.45, 7) is 0. The van der Waals surface area contributed by atoms with Gasteiger partial charge >= 0.3 is 0 Å². The van der Waals surface area contributed by atoms with Gasteiger partial charge in [0.05, 0.1) is 68.3 Å². The minimum absolute atomic E-state index is 0.523. The number of fused-ring (bicyclic) bond motifs is 6. The zero-order chi connectivity index (χ0) is 37.8. The van der Waals surface area contributed by atoms with Crippen molar-refractivity contribution in [2.24, 2.45) is 0 Å². The van der Waals surface area contributed by atoms with Crippen molar-refractivity contribution in [3.8, 4) is 63.0 Å². The van der Waals surface area contributed by atoms with E-state index >= 15 is 0 Å². The minimum Gasteiger partial charge on any atom is -0.307 e. The molecule has 10 rings (SSSR count). The van der Waals surface area contributed by atoms with E-state index in [1.54, 1.807) is 12.4 Å². The molecule has 0 bridgehead atoms. The summed E-state index contributed by atoms with van der Waals surface area (Å²) in [5.74, 6) is 0. The van der Waals surface area contributed by atoms with Crippen molar-refractivity contribution in [2.45, 2.75) is 0 Å². The highest BCUT2D eigenvalue weighted by atomic mass is 15.1. The molecule has 0 aliphatic heterocycles. The van der Waals surface area contributed by atoms with Gasteiger partial charge < -0.3 is 9.13 Å². The molecule has 0 unspecified atom stereocenters. The summed E-state index contributed by atoms with van der Waals surface area (Å²) >= 11 is 0. The predicted octanol–water partition coefficient (Wildman–Crippen LogP) is 11.9. The van der Waals surface area contributed by atoms with Crippen LogP contribution in [0.5, 0.6) is 0 Å². The molecule has 6 nitrogen and oxygen atoms in total. The van der Waals surface area contributed by atoms with Crippen LogP contribution >= 0.6 is 0 Å². The Bertz CT molecular complexity index is 3350. The Morgan fingerprint density at radius 3 is 1.41 bits per heavy atom. The summed E-state index contributed by atoms with van der Waals surface area (Å²) in [4.78, 5) is 4.43.